The maximum Gasteiger partial charge on any atom is 0.233 e. The molecule has 0 aromatic heterocycles. The van der Waals surface area contributed by atoms with Gasteiger partial charge >= 0.3 is 0 Å². The summed E-state index contributed by atoms with van der Waals surface area (Å²) >= 11 is 0. The molecule has 32 heavy (non-hydrogen) atoms. The van der Waals surface area contributed by atoms with E-state index in [1.54, 1.807) is 14.2 Å². The molecule has 3 aliphatic rings. The van der Waals surface area contributed by atoms with Crippen molar-refractivity contribution in [1.29, 1.82) is 0 Å². The van der Waals surface area contributed by atoms with E-state index in [1.807, 2.05) is 18.2 Å². The highest BCUT2D eigenvalue weighted by molar-refractivity contribution is 14.0. The molecular weight excluding hydrogens is 519 g/mol. The molecule has 1 saturated heterocycles. The van der Waals surface area contributed by atoms with Crippen molar-refractivity contribution >= 4 is 41.8 Å². The van der Waals surface area contributed by atoms with E-state index >= 15 is 0 Å². The molecule has 4 rings (SSSR count). The van der Waals surface area contributed by atoms with Crippen LogP contribution in [0.4, 0.5) is 0 Å². The van der Waals surface area contributed by atoms with Crippen molar-refractivity contribution in [1.82, 2.24) is 15.5 Å². The minimum absolute atomic E-state index is 0. The predicted molar refractivity (Wildman–Crippen MR) is 135 cm³/mol. The third-order valence-electron chi connectivity index (χ3n) is 6.96. The number of halogens is 1. The average Bonchev–Trinajstić information content (AvgIpc) is 3.45. The lowest BCUT2D eigenvalue weighted by Crippen LogP contribution is -2.46. The first-order valence-electron chi connectivity index (χ1n) is 11.0. The Morgan fingerprint density at radius 2 is 1.81 bits per heavy atom. The fourth-order valence-corrected chi connectivity index (χ4v) is 5.14. The van der Waals surface area contributed by atoms with Gasteiger partial charge in [0.2, 0.25) is 11.8 Å². The Kier molecular flexibility index (Phi) is 7.52. The summed E-state index contributed by atoms with van der Waals surface area (Å²) in [4.78, 5) is 31.3. The number of carbonyl (C=O) groups excluding carboxylic acids is 2. The fourth-order valence-electron chi connectivity index (χ4n) is 5.14. The van der Waals surface area contributed by atoms with Crippen molar-refractivity contribution < 1.29 is 14.3 Å². The molecule has 2 N–H and O–H groups in total. The largest absolute Gasteiger partial charge is 0.497 e. The van der Waals surface area contributed by atoms with E-state index < -0.39 is 0 Å². The summed E-state index contributed by atoms with van der Waals surface area (Å²) in [6.07, 6.45) is 5.20. The van der Waals surface area contributed by atoms with E-state index in [4.69, 9.17) is 4.74 Å². The summed E-state index contributed by atoms with van der Waals surface area (Å²) in [5.41, 5.74) is 1.02. The van der Waals surface area contributed by atoms with Gasteiger partial charge in [0.15, 0.2) is 5.96 Å². The first kappa shape index (κ1) is 24.5. The molecule has 8 heteroatoms. The summed E-state index contributed by atoms with van der Waals surface area (Å²) in [5, 5.41) is 6.60. The molecule has 4 unspecified atom stereocenters. The highest BCUT2D eigenvalue weighted by atomic mass is 127. The lowest BCUT2D eigenvalue weighted by molar-refractivity contribution is -0.140. The van der Waals surface area contributed by atoms with Crippen LogP contribution in [-0.2, 0) is 15.0 Å². The number of likely N-dealkylation sites (tertiary alicyclic amines) is 1. The van der Waals surface area contributed by atoms with Crippen molar-refractivity contribution in [3.63, 3.8) is 0 Å². The molecule has 1 saturated carbocycles. The topological polar surface area (TPSA) is 83.0 Å². The second kappa shape index (κ2) is 9.80. The number of ether oxygens (including phenoxy) is 1. The van der Waals surface area contributed by atoms with Crippen LogP contribution in [0.1, 0.15) is 25.8 Å². The molecule has 0 spiro atoms. The van der Waals surface area contributed by atoms with E-state index in [9.17, 15) is 9.59 Å². The van der Waals surface area contributed by atoms with E-state index in [1.165, 1.54) is 4.90 Å². The zero-order valence-corrected chi connectivity index (χ0v) is 21.5. The van der Waals surface area contributed by atoms with Crippen molar-refractivity contribution in [2.75, 3.05) is 33.8 Å². The number of hydrogen-bond acceptors (Lipinski definition) is 4. The van der Waals surface area contributed by atoms with Gasteiger partial charge in [-0.3, -0.25) is 19.5 Å². The second-order valence-electron chi connectivity index (χ2n) is 9.30. The SMILES string of the molecule is CN=C(NCCN1C(=O)C2C3C=CC(C3)C2C1=O)NCC(C)(C)c1cccc(OC)c1.I. The minimum atomic E-state index is -0.142. The van der Waals surface area contributed by atoms with Crippen molar-refractivity contribution in [3.05, 3.63) is 42.0 Å². The number of imide groups is 1. The van der Waals surface area contributed by atoms with Gasteiger partial charge in [0.1, 0.15) is 5.75 Å². The van der Waals surface area contributed by atoms with E-state index in [0.29, 0.717) is 25.6 Å². The molecule has 2 bridgehead atoms. The number of nitrogens with zero attached hydrogens (tertiary/aromatic N) is 2. The predicted octanol–water partition coefficient (Wildman–Crippen LogP) is 2.56. The van der Waals surface area contributed by atoms with Gasteiger partial charge in [-0.05, 0) is 36.0 Å². The lowest BCUT2D eigenvalue weighted by atomic mass is 9.84. The van der Waals surface area contributed by atoms with Gasteiger partial charge in [-0.15, -0.1) is 24.0 Å². The van der Waals surface area contributed by atoms with Crippen LogP contribution in [-0.4, -0.2) is 56.5 Å². The Bertz CT molecular complexity index is 900. The number of hydrogen-bond donors (Lipinski definition) is 2. The summed E-state index contributed by atoms with van der Waals surface area (Å²) < 4.78 is 5.34. The third-order valence-corrected chi connectivity index (χ3v) is 6.96. The second-order valence-corrected chi connectivity index (χ2v) is 9.30. The molecule has 1 aromatic carbocycles. The number of aliphatic imine (C=N–C) groups is 1. The maximum atomic E-state index is 12.8. The number of allylic oxidation sites excluding steroid dienone is 2. The highest BCUT2D eigenvalue weighted by Gasteiger charge is 2.58. The van der Waals surface area contributed by atoms with Crippen LogP contribution in [0.15, 0.2) is 41.4 Å². The van der Waals surface area contributed by atoms with Gasteiger partial charge in [-0.25, -0.2) is 0 Å². The Labute approximate surface area is 207 Å². The zero-order chi connectivity index (χ0) is 22.2. The van der Waals surface area contributed by atoms with Gasteiger partial charge in [0.25, 0.3) is 0 Å². The molecule has 174 valence electrons. The van der Waals surface area contributed by atoms with Crippen LogP contribution < -0.4 is 15.4 Å². The number of rotatable bonds is 7. The first-order valence-corrected chi connectivity index (χ1v) is 11.0. The van der Waals surface area contributed by atoms with Crippen LogP contribution >= 0.6 is 24.0 Å². The van der Waals surface area contributed by atoms with Gasteiger partial charge < -0.3 is 15.4 Å². The van der Waals surface area contributed by atoms with Crippen molar-refractivity contribution in [2.24, 2.45) is 28.7 Å². The first-order chi connectivity index (χ1) is 14.9. The summed E-state index contributed by atoms with van der Waals surface area (Å²) in [7, 11) is 3.38. The zero-order valence-electron chi connectivity index (χ0n) is 19.1. The molecule has 1 aromatic rings. The Morgan fingerprint density at radius 1 is 1.16 bits per heavy atom. The lowest BCUT2D eigenvalue weighted by Gasteiger charge is -2.27. The van der Waals surface area contributed by atoms with Gasteiger partial charge in [-0.2, -0.15) is 0 Å². The van der Waals surface area contributed by atoms with E-state index in [-0.39, 0.29) is 64.9 Å². The third kappa shape index (κ3) is 4.51. The molecule has 2 aliphatic carbocycles. The quantitative estimate of drug-likeness (QED) is 0.179. The van der Waals surface area contributed by atoms with Gasteiger partial charge in [0.05, 0.1) is 18.9 Å². The molecule has 0 radical (unpaired) electrons. The van der Waals surface area contributed by atoms with Crippen LogP contribution in [0.25, 0.3) is 0 Å². The average molecular weight is 552 g/mol. The van der Waals surface area contributed by atoms with Gasteiger partial charge in [0, 0.05) is 32.1 Å². The molecule has 2 amide bonds. The Balaban J connectivity index is 0.00000289. The van der Waals surface area contributed by atoms with Gasteiger partial charge in [-0.1, -0.05) is 38.1 Å². The fraction of sp³-hybridized carbons (Fsp3) is 0.542. The standard InChI is InChI=1S/C24H32N4O3.HI/c1-24(2,17-6-5-7-18(13-17)31-4)14-27-23(25-3)26-10-11-28-21(29)19-15-8-9-16(12-15)20(19)22(28)30;/h5-9,13,15-16,19-20H,10-12,14H2,1-4H3,(H2,25,26,27);1H. The molecule has 7 nitrogen and oxygen atoms in total. The molecule has 2 fully saturated rings. The van der Waals surface area contributed by atoms with E-state index in [2.05, 4.69) is 47.7 Å². The normalized spacial score (nSPS) is 26.2. The number of amides is 2. The van der Waals surface area contributed by atoms with Crippen LogP contribution in [0.3, 0.4) is 0 Å². The molecule has 1 heterocycles. The summed E-state index contributed by atoms with van der Waals surface area (Å²) in [5.74, 6) is 1.70. The molecular formula is C24H33IN4O3. The minimum Gasteiger partial charge on any atom is -0.497 e. The van der Waals surface area contributed by atoms with Crippen molar-refractivity contribution in [2.45, 2.75) is 25.7 Å². The smallest absolute Gasteiger partial charge is 0.233 e. The Hall–Kier alpha value is -2.10. The molecule has 1 aliphatic heterocycles. The van der Waals surface area contributed by atoms with Crippen LogP contribution in [0.5, 0.6) is 5.75 Å². The number of nitrogens with one attached hydrogen (secondary N) is 2. The molecule has 4 atom stereocenters. The van der Waals surface area contributed by atoms with Crippen molar-refractivity contribution in [3.8, 4) is 5.75 Å². The highest BCUT2D eigenvalue weighted by Crippen LogP contribution is 2.52. The number of fused-ring (bicyclic) bond motifs is 5. The maximum absolute atomic E-state index is 12.8. The number of guanidine groups is 1. The Morgan fingerprint density at radius 3 is 2.41 bits per heavy atom. The monoisotopic (exact) mass is 552 g/mol. The number of methoxy groups -OCH3 is 1. The summed E-state index contributed by atoms with van der Waals surface area (Å²) in [6, 6.07) is 8.05. The van der Waals surface area contributed by atoms with E-state index in [0.717, 1.165) is 17.7 Å². The summed E-state index contributed by atoms with van der Waals surface area (Å²) in [6.45, 7) is 5.82. The number of benzene rings is 1. The van der Waals surface area contributed by atoms with Crippen LogP contribution in [0.2, 0.25) is 0 Å². The number of carbonyl (C=O) groups is 2. The van der Waals surface area contributed by atoms with Crippen LogP contribution in [0, 0.1) is 23.7 Å².